The molecule has 6 heterocycles. The van der Waals surface area contributed by atoms with E-state index in [9.17, 15) is 43.9 Å². The smallest absolute Gasteiger partial charge is 0.453 e. The summed E-state index contributed by atoms with van der Waals surface area (Å²) in [6.45, 7) is 32.3. The van der Waals surface area contributed by atoms with E-state index in [1.54, 1.807) is 60.1 Å². The van der Waals surface area contributed by atoms with Gasteiger partial charge < -0.3 is 23.7 Å². The predicted molar refractivity (Wildman–Crippen MR) is 382 cm³/mol. The largest absolute Gasteiger partial charge is 0.477 e. The third-order valence-electron chi connectivity index (χ3n) is 14.5. The van der Waals surface area contributed by atoms with Crippen molar-refractivity contribution in [1.82, 2.24) is 59.7 Å². The Morgan fingerprint density at radius 3 is 1.12 bits per heavy atom. The highest BCUT2D eigenvalue weighted by molar-refractivity contribution is 6.76. The van der Waals surface area contributed by atoms with Crippen molar-refractivity contribution < 1.29 is 105 Å². The molecular formula is C73H86F12N12O11Si2. The second kappa shape index (κ2) is 42.5. The van der Waals surface area contributed by atoms with Crippen molar-refractivity contribution in [2.75, 3.05) is 33.0 Å². The molecule has 0 radical (unpaired) electrons. The second-order valence-electron chi connectivity index (χ2n) is 27.7. The summed E-state index contributed by atoms with van der Waals surface area (Å²) < 4.78 is 193. The fourth-order valence-electron chi connectivity index (χ4n) is 9.16. The number of alkyl halides is 9. The minimum Gasteiger partial charge on any atom is -0.477 e. The molecule has 0 saturated carbocycles. The van der Waals surface area contributed by atoms with Gasteiger partial charge in [-0.05, 0) is 120 Å². The number of nitrogens with one attached hydrogen (secondary N) is 1. The molecule has 596 valence electrons. The van der Waals surface area contributed by atoms with Crippen LogP contribution < -0.4 is 14.2 Å². The summed E-state index contributed by atoms with van der Waals surface area (Å²) in [5.41, 5.74) is 5.78. The second-order valence-corrected chi connectivity index (χ2v) is 38.9. The Hall–Kier alpha value is -10.4. The Balaban J connectivity index is 0.000000406. The molecule has 0 bridgehead atoms. The van der Waals surface area contributed by atoms with Gasteiger partial charge in [0, 0.05) is 82.8 Å². The van der Waals surface area contributed by atoms with Crippen molar-refractivity contribution in [2.45, 2.75) is 153 Å². The van der Waals surface area contributed by atoms with Crippen molar-refractivity contribution in [3.63, 3.8) is 0 Å². The van der Waals surface area contributed by atoms with Crippen LogP contribution in [-0.4, -0.2) is 127 Å². The summed E-state index contributed by atoms with van der Waals surface area (Å²) in [5.74, 6) is -4.52. The summed E-state index contributed by atoms with van der Waals surface area (Å²) in [5, 5.41) is 12.7. The lowest BCUT2D eigenvalue weighted by atomic mass is 10.0. The standard InChI is InChI=1S/2C25H32F4N4O2Si.C19H18F4N4O.3CO2.CH4/c1-16(2)14-35-22-11-17(3)20(13-30-22)18-7-8-19(21(26)12-18)23-31-24(25(27,28)29)32-33(23)15-34-9-10-36(4,5)6;1-16(2)14-35-22-11-17(3)20(13-30-22)18-7-8-19(21(26)12-18)23-31-24(25(27,28)29)33(32-23)15-34-9-10-36(4,5)6;1-10(2)9-28-16-6-11(3)14(8-24-16)12-4-5-13(15(20)7-12)17-25-18(27-26-17)19(21,22)23;3*2-1-3;/h2*7-8,11-13,16H,9-10,14-15H2,1-6H3;4-8,10H,9H2,1-3H3,(H,25,26,27);;;;1H4. The number of aryl methyl sites for hydroxylation is 3. The van der Waals surface area contributed by atoms with Crippen LogP contribution in [0.25, 0.3) is 67.5 Å². The molecule has 0 fully saturated rings. The molecule has 0 spiro atoms. The molecule has 110 heavy (non-hydrogen) atoms. The number of hydrogen-bond acceptors (Lipinski definition) is 20. The van der Waals surface area contributed by atoms with E-state index < -0.39 is 76.3 Å². The highest BCUT2D eigenvalue weighted by Crippen LogP contribution is 2.37. The minimum absolute atomic E-state index is 0. The van der Waals surface area contributed by atoms with Gasteiger partial charge in [0.05, 0.1) is 36.5 Å². The van der Waals surface area contributed by atoms with E-state index in [4.69, 9.17) is 52.5 Å². The first-order valence-corrected chi connectivity index (χ1v) is 40.7. The van der Waals surface area contributed by atoms with Gasteiger partial charge in [0.15, 0.2) is 17.5 Å². The Kier molecular flexibility index (Phi) is 36.3. The Bertz CT molecular complexity index is 4510. The summed E-state index contributed by atoms with van der Waals surface area (Å²) in [6.07, 6.45) is -8.69. The first-order valence-electron chi connectivity index (χ1n) is 33.2. The van der Waals surface area contributed by atoms with E-state index in [0.29, 0.717) is 106 Å². The van der Waals surface area contributed by atoms with Crippen molar-refractivity contribution in [2.24, 2.45) is 17.8 Å². The van der Waals surface area contributed by atoms with E-state index >= 15 is 8.78 Å². The van der Waals surface area contributed by atoms with Crippen LogP contribution in [0.4, 0.5) is 52.7 Å². The number of benzene rings is 3. The van der Waals surface area contributed by atoms with Gasteiger partial charge >= 0.3 is 37.0 Å². The molecule has 0 saturated heterocycles. The molecule has 0 atom stereocenters. The average molecular weight is 1590 g/mol. The molecule has 1 N–H and O–H groups in total. The van der Waals surface area contributed by atoms with Crippen LogP contribution >= 0.6 is 0 Å². The quantitative estimate of drug-likeness (QED) is 0.0316. The highest BCUT2D eigenvalue weighted by atomic mass is 28.3. The van der Waals surface area contributed by atoms with Crippen LogP contribution in [0.15, 0.2) is 91.4 Å². The molecule has 0 aliphatic rings. The minimum atomic E-state index is -4.77. The Morgan fingerprint density at radius 2 is 0.809 bits per heavy atom. The van der Waals surface area contributed by atoms with Gasteiger partial charge in [-0.1, -0.05) is 106 Å². The number of aromatic nitrogens is 12. The molecule has 0 aliphatic heterocycles. The van der Waals surface area contributed by atoms with Gasteiger partial charge in [0.25, 0.3) is 5.82 Å². The molecular weight excluding hydrogens is 1510 g/mol. The monoisotopic (exact) mass is 1590 g/mol. The van der Waals surface area contributed by atoms with Gasteiger partial charge in [-0.3, -0.25) is 5.10 Å². The average Bonchev–Trinajstić information content (AvgIpc) is 1.54. The van der Waals surface area contributed by atoms with Crippen LogP contribution in [0.2, 0.25) is 51.4 Å². The van der Waals surface area contributed by atoms with Crippen LogP contribution in [0, 0.1) is 56.0 Å². The van der Waals surface area contributed by atoms with E-state index in [0.717, 1.165) is 33.5 Å². The molecule has 3 aromatic carbocycles. The number of nitrogens with zero attached hydrogens (tertiary/aromatic N) is 11. The molecule has 0 amide bonds. The number of pyridine rings is 3. The predicted octanol–water partition coefficient (Wildman–Crippen LogP) is 17.6. The number of rotatable bonds is 25. The fraction of sp³-hybridized carbons (Fsp3) is 0.425. The maximum absolute atomic E-state index is 15.2. The molecule has 0 aliphatic carbocycles. The SMILES string of the molecule is C.Cc1cc(OCC(C)C)ncc1-c1ccc(-c2n[nH]c(C(F)(F)F)n2)c(F)c1.Cc1cc(OCC(C)C)ncc1-c1ccc(-c2nc(C(F)(F)F)n(COCC[Si](C)(C)C)n2)c(F)c1.Cc1cc(OCC(C)C)ncc1-c1ccc(-c2nc(C(F)(F)F)nn2COCC[Si](C)(C)C)c(F)c1.O=C=O.O=C=O.O=C=O. The Labute approximate surface area is 629 Å². The summed E-state index contributed by atoms with van der Waals surface area (Å²) in [4.78, 5) is 72.1. The van der Waals surface area contributed by atoms with Gasteiger partial charge in [0.2, 0.25) is 29.3 Å². The first kappa shape index (κ1) is 93.8. The molecule has 0 unspecified atom stereocenters. The summed E-state index contributed by atoms with van der Waals surface area (Å²) in [7, 11) is -2.79. The van der Waals surface area contributed by atoms with Crippen LogP contribution in [0.1, 0.15) is 83.1 Å². The van der Waals surface area contributed by atoms with Crippen molar-refractivity contribution in [3.8, 4) is 85.2 Å². The lowest BCUT2D eigenvalue weighted by Crippen LogP contribution is -2.23. The van der Waals surface area contributed by atoms with E-state index in [2.05, 4.69) is 84.5 Å². The molecule has 9 aromatic rings. The summed E-state index contributed by atoms with van der Waals surface area (Å²) >= 11 is 0. The van der Waals surface area contributed by atoms with Gasteiger partial charge in [-0.2, -0.15) is 73.4 Å². The zero-order valence-electron chi connectivity index (χ0n) is 62.2. The number of ether oxygens (including phenoxy) is 5. The van der Waals surface area contributed by atoms with Crippen molar-refractivity contribution in [3.05, 3.63) is 143 Å². The zero-order chi connectivity index (χ0) is 81.9. The molecule has 9 rings (SSSR count). The van der Waals surface area contributed by atoms with Gasteiger partial charge in [-0.25, -0.2) is 52.4 Å². The number of aromatic amines is 1. The number of halogens is 12. The zero-order valence-corrected chi connectivity index (χ0v) is 64.2. The van der Waals surface area contributed by atoms with Crippen LogP contribution in [0.5, 0.6) is 17.6 Å². The van der Waals surface area contributed by atoms with Gasteiger partial charge in [0.1, 0.15) is 30.9 Å². The molecule has 23 nitrogen and oxygen atoms in total. The van der Waals surface area contributed by atoms with E-state index in [1.165, 1.54) is 36.4 Å². The van der Waals surface area contributed by atoms with E-state index in [-0.39, 0.29) is 66.8 Å². The van der Waals surface area contributed by atoms with Crippen LogP contribution in [0.3, 0.4) is 0 Å². The van der Waals surface area contributed by atoms with Crippen LogP contribution in [-0.2, 0) is 70.2 Å². The number of carbonyl (C=O) groups excluding carboxylic acids is 6. The molecule has 37 heteroatoms. The number of hydrogen-bond donors (Lipinski definition) is 1. The molecule has 6 aromatic heterocycles. The summed E-state index contributed by atoms with van der Waals surface area (Å²) in [6, 6.07) is 19.6. The number of H-pyrrole nitrogens is 1. The Morgan fingerprint density at radius 1 is 0.455 bits per heavy atom. The highest BCUT2D eigenvalue weighted by Gasteiger charge is 2.40. The van der Waals surface area contributed by atoms with E-state index in [1.807, 2.05) is 62.3 Å². The topological polar surface area (TPSA) is 290 Å². The van der Waals surface area contributed by atoms with Gasteiger partial charge in [-0.15, -0.1) is 10.2 Å². The van der Waals surface area contributed by atoms with Crippen molar-refractivity contribution >= 4 is 34.6 Å². The lowest BCUT2D eigenvalue weighted by Gasteiger charge is -2.15. The third kappa shape index (κ3) is 30.2. The fourth-order valence-corrected chi connectivity index (χ4v) is 10.7. The van der Waals surface area contributed by atoms with Crippen molar-refractivity contribution in [1.29, 1.82) is 0 Å². The first-order chi connectivity index (χ1) is 50.9. The maximum atomic E-state index is 15.2. The lowest BCUT2D eigenvalue weighted by molar-refractivity contribution is -0.193. The normalized spacial score (nSPS) is 11.4. The third-order valence-corrected chi connectivity index (χ3v) is 17.9. The maximum Gasteiger partial charge on any atom is 0.453 e.